The SMILES string of the molecule is COC(=O)CNC(=O)NCC(=O)OC. The fraction of sp³-hybridized carbons (Fsp3) is 0.571. The minimum atomic E-state index is -0.638. The molecule has 0 aromatic rings. The molecular weight excluding hydrogens is 192 g/mol. The number of hydrogen-bond donors (Lipinski definition) is 2. The average Bonchev–Trinajstić information content (AvgIpc) is 2.22. The van der Waals surface area contributed by atoms with Gasteiger partial charge in [0.2, 0.25) is 0 Å². The molecule has 0 aromatic carbocycles. The highest BCUT2D eigenvalue weighted by Crippen LogP contribution is 1.73. The zero-order valence-electron chi connectivity index (χ0n) is 7.96. The van der Waals surface area contributed by atoms with E-state index in [0.717, 1.165) is 0 Å². The van der Waals surface area contributed by atoms with E-state index in [2.05, 4.69) is 20.1 Å². The van der Waals surface area contributed by atoms with Gasteiger partial charge < -0.3 is 20.1 Å². The number of methoxy groups -OCH3 is 2. The molecule has 7 heteroatoms. The van der Waals surface area contributed by atoms with Crippen molar-refractivity contribution in [3.05, 3.63) is 0 Å². The largest absolute Gasteiger partial charge is 0.468 e. The third-order valence-electron chi connectivity index (χ3n) is 1.24. The van der Waals surface area contributed by atoms with Crippen molar-refractivity contribution >= 4 is 18.0 Å². The van der Waals surface area contributed by atoms with Crippen molar-refractivity contribution in [2.75, 3.05) is 27.3 Å². The predicted octanol–water partition coefficient (Wildman–Crippen LogP) is -1.37. The van der Waals surface area contributed by atoms with Gasteiger partial charge in [0.25, 0.3) is 0 Å². The van der Waals surface area contributed by atoms with E-state index in [-0.39, 0.29) is 13.1 Å². The summed E-state index contributed by atoms with van der Waals surface area (Å²) in [5.41, 5.74) is 0. The topological polar surface area (TPSA) is 93.7 Å². The second-order valence-electron chi connectivity index (χ2n) is 2.19. The second-order valence-corrected chi connectivity index (χ2v) is 2.19. The molecule has 0 aromatic heterocycles. The zero-order valence-corrected chi connectivity index (χ0v) is 7.96. The standard InChI is InChI=1S/C7H12N2O5/c1-13-5(10)3-8-7(12)9-4-6(11)14-2/h3-4H2,1-2H3,(H2,8,9,12). The van der Waals surface area contributed by atoms with Crippen molar-refractivity contribution in [1.29, 1.82) is 0 Å². The minimum absolute atomic E-state index is 0.247. The van der Waals surface area contributed by atoms with Crippen LogP contribution in [0.5, 0.6) is 0 Å². The Kier molecular flexibility index (Phi) is 5.84. The number of carbonyl (C=O) groups is 3. The van der Waals surface area contributed by atoms with E-state index in [4.69, 9.17) is 0 Å². The summed E-state index contributed by atoms with van der Waals surface area (Å²) >= 11 is 0. The van der Waals surface area contributed by atoms with E-state index in [1.807, 2.05) is 0 Å². The van der Waals surface area contributed by atoms with E-state index in [9.17, 15) is 14.4 Å². The molecule has 2 N–H and O–H groups in total. The van der Waals surface area contributed by atoms with Crippen molar-refractivity contribution in [1.82, 2.24) is 10.6 Å². The molecular formula is C7H12N2O5. The van der Waals surface area contributed by atoms with Crippen molar-refractivity contribution in [3.63, 3.8) is 0 Å². The van der Waals surface area contributed by atoms with E-state index in [1.165, 1.54) is 14.2 Å². The maximum Gasteiger partial charge on any atom is 0.325 e. The Morgan fingerprint density at radius 1 is 0.929 bits per heavy atom. The summed E-state index contributed by atoms with van der Waals surface area (Å²) in [7, 11) is 2.41. The maximum atomic E-state index is 10.8. The number of carbonyl (C=O) groups excluding carboxylic acids is 3. The molecule has 2 amide bonds. The molecule has 0 saturated carbocycles. The molecule has 7 nitrogen and oxygen atoms in total. The van der Waals surface area contributed by atoms with Crippen LogP contribution in [0.4, 0.5) is 4.79 Å². The first-order valence-corrected chi connectivity index (χ1v) is 3.75. The van der Waals surface area contributed by atoms with E-state index in [1.54, 1.807) is 0 Å². The number of urea groups is 1. The van der Waals surface area contributed by atoms with Gasteiger partial charge in [-0.25, -0.2) is 4.79 Å². The number of esters is 2. The van der Waals surface area contributed by atoms with Crippen LogP contribution in [0.15, 0.2) is 0 Å². The summed E-state index contributed by atoms with van der Waals surface area (Å²) < 4.78 is 8.55. The molecule has 0 aliphatic carbocycles. The fourth-order valence-electron chi connectivity index (χ4n) is 0.512. The van der Waals surface area contributed by atoms with Gasteiger partial charge in [0, 0.05) is 0 Å². The minimum Gasteiger partial charge on any atom is -0.468 e. The first-order chi connectivity index (χ1) is 6.60. The molecule has 80 valence electrons. The molecule has 0 atom stereocenters. The lowest BCUT2D eigenvalue weighted by Gasteiger charge is -2.04. The summed E-state index contributed by atoms with van der Waals surface area (Å²) in [6.45, 7) is -0.493. The smallest absolute Gasteiger partial charge is 0.325 e. The first-order valence-electron chi connectivity index (χ1n) is 3.75. The number of nitrogens with one attached hydrogen (secondary N) is 2. The van der Waals surface area contributed by atoms with Gasteiger partial charge in [0.1, 0.15) is 13.1 Å². The third kappa shape index (κ3) is 5.81. The van der Waals surface area contributed by atoms with E-state index < -0.39 is 18.0 Å². The molecule has 0 unspecified atom stereocenters. The normalized spacial score (nSPS) is 8.71. The summed E-state index contributed by atoms with van der Waals surface area (Å²) in [5.74, 6) is -1.14. The molecule has 0 rings (SSSR count). The molecule has 0 fully saturated rings. The van der Waals surface area contributed by atoms with Crippen LogP contribution in [0.2, 0.25) is 0 Å². The number of amides is 2. The van der Waals surface area contributed by atoms with E-state index >= 15 is 0 Å². The van der Waals surface area contributed by atoms with Crippen LogP contribution in [-0.4, -0.2) is 45.3 Å². The fourth-order valence-corrected chi connectivity index (χ4v) is 0.512. The Balaban J connectivity index is 3.56. The second kappa shape index (κ2) is 6.70. The number of ether oxygens (including phenoxy) is 2. The molecule has 0 heterocycles. The summed E-state index contributed by atoms with van der Waals surface area (Å²) in [6.07, 6.45) is 0. The third-order valence-corrected chi connectivity index (χ3v) is 1.24. The Morgan fingerprint density at radius 3 is 1.57 bits per heavy atom. The van der Waals surface area contributed by atoms with Crippen LogP contribution >= 0.6 is 0 Å². The highest BCUT2D eigenvalue weighted by atomic mass is 16.5. The van der Waals surface area contributed by atoms with Crippen molar-refractivity contribution in [3.8, 4) is 0 Å². The average molecular weight is 204 g/mol. The van der Waals surface area contributed by atoms with Crippen LogP contribution in [0.25, 0.3) is 0 Å². The van der Waals surface area contributed by atoms with E-state index in [0.29, 0.717) is 0 Å². The molecule has 0 spiro atoms. The van der Waals surface area contributed by atoms with Crippen molar-refractivity contribution in [2.24, 2.45) is 0 Å². The molecule has 0 saturated heterocycles. The highest BCUT2D eigenvalue weighted by Gasteiger charge is 2.06. The lowest BCUT2D eigenvalue weighted by molar-refractivity contribution is -0.139. The summed E-state index contributed by atoms with van der Waals surface area (Å²) in [4.78, 5) is 32.0. The van der Waals surface area contributed by atoms with Gasteiger partial charge in [0.05, 0.1) is 14.2 Å². The van der Waals surface area contributed by atoms with Crippen LogP contribution in [0.3, 0.4) is 0 Å². The van der Waals surface area contributed by atoms with Crippen LogP contribution in [0, 0.1) is 0 Å². The van der Waals surface area contributed by atoms with Crippen LogP contribution in [0.1, 0.15) is 0 Å². The van der Waals surface area contributed by atoms with Crippen LogP contribution < -0.4 is 10.6 Å². The van der Waals surface area contributed by atoms with Gasteiger partial charge in [-0.15, -0.1) is 0 Å². The van der Waals surface area contributed by atoms with Crippen molar-refractivity contribution < 1.29 is 23.9 Å². The molecule has 0 radical (unpaired) electrons. The molecule has 0 bridgehead atoms. The monoisotopic (exact) mass is 204 g/mol. The first kappa shape index (κ1) is 12.2. The quantitative estimate of drug-likeness (QED) is 0.551. The lowest BCUT2D eigenvalue weighted by Crippen LogP contribution is -2.41. The maximum absolute atomic E-state index is 10.8. The van der Waals surface area contributed by atoms with Gasteiger partial charge in [-0.2, -0.15) is 0 Å². The molecule has 14 heavy (non-hydrogen) atoms. The van der Waals surface area contributed by atoms with Gasteiger partial charge in [-0.3, -0.25) is 9.59 Å². The van der Waals surface area contributed by atoms with Crippen LogP contribution in [-0.2, 0) is 19.1 Å². The predicted molar refractivity (Wildman–Crippen MR) is 45.4 cm³/mol. The van der Waals surface area contributed by atoms with Gasteiger partial charge in [0.15, 0.2) is 0 Å². The number of hydrogen-bond acceptors (Lipinski definition) is 5. The lowest BCUT2D eigenvalue weighted by atomic mass is 10.6. The van der Waals surface area contributed by atoms with Gasteiger partial charge in [-0.1, -0.05) is 0 Å². The Bertz CT molecular complexity index is 206. The summed E-state index contributed by atoms with van der Waals surface area (Å²) in [5, 5.41) is 4.36. The molecule has 0 aliphatic heterocycles. The highest BCUT2D eigenvalue weighted by molar-refractivity contribution is 5.83. The number of rotatable bonds is 4. The van der Waals surface area contributed by atoms with Crippen molar-refractivity contribution in [2.45, 2.75) is 0 Å². The zero-order chi connectivity index (χ0) is 11.0. The molecule has 0 aliphatic rings. The van der Waals surface area contributed by atoms with Gasteiger partial charge in [-0.05, 0) is 0 Å². The Labute approximate surface area is 80.7 Å². The van der Waals surface area contributed by atoms with Gasteiger partial charge >= 0.3 is 18.0 Å². The summed E-state index contributed by atoms with van der Waals surface area (Å²) in [6, 6.07) is -0.638. The Morgan fingerprint density at radius 2 is 1.29 bits per heavy atom. The Hall–Kier alpha value is -1.79.